The van der Waals surface area contributed by atoms with Gasteiger partial charge < -0.3 is 4.90 Å². The van der Waals surface area contributed by atoms with E-state index in [4.69, 9.17) is 18.0 Å². The van der Waals surface area contributed by atoms with E-state index < -0.39 is 5.91 Å². The van der Waals surface area contributed by atoms with Crippen molar-refractivity contribution in [2.24, 2.45) is 0 Å². The minimum atomic E-state index is -0.593. The van der Waals surface area contributed by atoms with E-state index in [1.807, 2.05) is 24.1 Å². The number of pyridine rings is 1. The molecule has 1 aliphatic rings. The molecule has 2 aromatic heterocycles. The Hall–Kier alpha value is -3.17. The first-order valence-corrected chi connectivity index (χ1v) is 7.99. The Morgan fingerprint density at radius 2 is 2.20 bits per heavy atom. The average Bonchev–Trinajstić information content (AvgIpc) is 3.03. The highest BCUT2D eigenvalue weighted by Crippen LogP contribution is 2.38. The van der Waals surface area contributed by atoms with Crippen LogP contribution in [0.5, 0.6) is 0 Å². The molecule has 1 aromatic carbocycles. The van der Waals surface area contributed by atoms with Crippen LogP contribution in [0, 0.1) is 12.3 Å². The number of terminal acetylenes is 1. The van der Waals surface area contributed by atoms with E-state index in [-0.39, 0.29) is 5.95 Å². The summed E-state index contributed by atoms with van der Waals surface area (Å²) in [6, 6.07) is 7.57. The zero-order valence-electron chi connectivity index (χ0n) is 13.0. The summed E-state index contributed by atoms with van der Waals surface area (Å²) in [6.45, 7) is 0.749. The second-order valence-electron chi connectivity index (χ2n) is 5.54. The summed E-state index contributed by atoms with van der Waals surface area (Å²) in [6.07, 6.45) is 9.35. The number of hydrogen-bond donors (Lipinski definition) is 1. The minimum absolute atomic E-state index is 0.159. The van der Waals surface area contributed by atoms with Gasteiger partial charge in [0.2, 0.25) is 5.95 Å². The van der Waals surface area contributed by atoms with Gasteiger partial charge >= 0.3 is 5.91 Å². The minimum Gasteiger partial charge on any atom is -0.325 e. The van der Waals surface area contributed by atoms with Crippen LogP contribution < -0.4 is 10.2 Å². The molecule has 3 aromatic rings. The molecule has 3 heterocycles. The maximum Gasteiger partial charge on any atom is 0.302 e. The van der Waals surface area contributed by atoms with Crippen molar-refractivity contribution in [1.82, 2.24) is 15.0 Å². The lowest BCUT2D eigenvalue weighted by Gasteiger charge is -2.20. The standard InChI is InChI=1S/C18H12ClN5O/c1-2-16(25)22-18-21-14-5-7-20-10-13(14)17(23-18)24-8-6-11-3-4-12(19)9-15(11)24/h1,3-5,7,9-10H,6,8H2,(H,21,22,23,25). The van der Waals surface area contributed by atoms with Gasteiger partial charge in [-0.2, -0.15) is 4.98 Å². The van der Waals surface area contributed by atoms with Crippen molar-refractivity contribution in [1.29, 1.82) is 0 Å². The third kappa shape index (κ3) is 2.75. The molecule has 6 nitrogen and oxygen atoms in total. The summed E-state index contributed by atoms with van der Waals surface area (Å²) >= 11 is 6.16. The number of nitrogens with one attached hydrogen (secondary N) is 1. The fraction of sp³-hybridized carbons (Fsp3) is 0.111. The van der Waals surface area contributed by atoms with Crippen LogP contribution in [0.3, 0.4) is 0 Å². The number of anilines is 3. The highest BCUT2D eigenvalue weighted by molar-refractivity contribution is 6.31. The van der Waals surface area contributed by atoms with E-state index in [1.54, 1.807) is 18.5 Å². The second-order valence-corrected chi connectivity index (χ2v) is 5.97. The number of rotatable bonds is 2. The predicted molar refractivity (Wildman–Crippen MR) is 97.0 cm³/mol. The Bertz CT molecular complexity index is 1040. The fourth-order valence-corrected chi connectivity index (χ4v) is 3.09. The molecule has 0 atom stereocenters. The van der Waals surface area contributed by atoms with Crippen molar-refractivity contribution in [3.05, 3.63) is 47.2 Å². The summed E-state index contributed by atoms with van der Waals surface area (Å²) in [4.78, 5) is 26.6. The van der Waals surface area contributed by atoms with Crippen LogP contribution in [0.25, 0.3) is 10.9 Å². The van der Waals surface area contributed by atoms with Crippen molar-refractivity contribution in [3.63, 3.8) is 0 Å². The lowest BCUT2D eigenvalue weighted by atomic mass is 10.2. The van der Waals surface area contributed by atoms with Gasteiger partial charge in [-0.3, -0.25) is 15.1 Å². The molecule has 1 amide bonds. The van der Waals surface area contributed by atoms with Gasteiger partial charge in [0.05, 0.1) is 10.9 Å². The summed E-state index contributed by atoms with van der Waals surface area (Å²) in [7, 11) is 0. The fourth-order valence-electron chi connectivity index (χ4n) is 2.93. The second kappa shape index (κ2) is 6.04. The lowest BCUT2D eigenvalue weighted by molar-refractivity contribution is -0.111. The SMILES string of the molecule is C#CC(=O)Nc1nc(N2CCc3ccc(Cl)cc32)c2cnccc2n1. The molecule has 0 saturated carbocycles. The number of halogens is 1. The van der Waals surface area contributed by atoms with Crippen LogP contribution in [-0.2, 0) is 11.2 Å². The number of aromatic nitrogens is 3. The molecule has 0 fully saturated rings. The first-order valence-electron chi connectivity index (χ1n) is 7.61. The first-order chi connectivity index (χ1) is 12.2. The molecule has 7 heteroatoms. The van der Waals surface area contributed by atoms with Crippen molar-refractivity contribution >= 4 is 45.9 Å². The van der Waals surface area contributed by atoms with Gasteiger partial charge in [-0.05, 0) is 36.1 Å². The predicted octanol–water partition coefficient (Wildman–Crippen LogP) is 2.94. The normalized spacial score (nSPS) is 12.7. The molecule has 0 bridgehead atoms. The van der Waals surface area contributed by atoms with Gasteiger partial charge in [0.25, 0.3) is 0 Å². The van der Waals surface area contributed by atoms with Crippen molar-refractivity contribution in [2.75, 3.05) is 16.8 Å². The Morgan fingerprint density at radius 1 is 1.32 bits per heavy atom. The summed E-state index contributed by atoms with van der Waals surface area (Å²) in [5.74, 6) is 2.22. The monoisotopic (exact) mass is 349 g/mol. The van der Waals surface area contributed by atoms with E-state index in [0.29, 0.717) is 16.4 Å². The number of hydrogen-bond acceptors (Lipinski definition) is 5. The number of carbonyl (C=O) groups excluding carboxylic acids is 1. The van der Waals surface area contributed by atoms with Crippen molar-refractivity contribution in [3.8, 4) is 12.3 Å². The lowest BCUT2D eigenvalue weighted by Crippen LogP contribution is -2.18. The molecule has 0 radical (unpaired) electrons. The van der Waals surface area contributed by atoms with Gasteiger partial charge in [-0.1, -0.05) is 17.7 Å². The smallest absolute Gasteiger partial charge is 0.302 e. The Labute approximate surface area is 148 Å². The molecule has 4 rings (SSSR count). The van der Waals surface area contributed by atoms with Gasteiger partial charge in [0.1, 0.15) is 5.82 Å². The molecule has 1 aliphatic heterocycles. The van der Waals surface area contributed by atoms with Crippen LogP contribution in [-0.4, -0.2) is 27.4 Å². The van der Waals surface area contributed by atoms with Crippen LogP contribution in [0.1, 0.15) is 5.56 Å². The van der Waals surface area contributed by atoms with Crippen molar-refractivity contribution in [2.45, 2.75) is 6.42 Å². The zero-order chi connectivity index (χ0) is 17.4. The Balaban J connectivity index is 1.89. The van der Waals surface area contributed by atoms with E-state index in [2.05, 4.69) is 25.2 Å². The van der Waals surface area contributed by atoms with E-state index in [0.717, 1.165) is 24.0 Å². The maximum absolute atomic E-state index is 11.5. The topological polar surface area (TPSA) is 71.0 Å². The number of nitrogens with zero attached hydrogens (tertiary/aromatic N) is 4. The quantitative estimate of drug-likeness (QED) is 0.720. The molecule has 0 aliphatic carbocycles. The molecule has 25 heavy (non-hydrogen) atoms. The largest absolute Gasteiger partial charge is 0.325 e. The number of carbonyl (C=O) groups is 1. The van der Waals surface area contributed by atoms with Crippen LogP contribution in [0.15, 0.2) is 36.7 Å². The van der Waals surface area contributed by atoms with Crippen LogP contribution >= 0.6 is 11.6 Å². The Kier molecular flexibility index (Phi) is 3.71. The third-order valence-electron chi connectivity index (χ3n) is 4.03. The molecule has 122 valence electrons. The molecule has 0 unspecified atom stereocenters. The highest BCUT2D eigenvalue weighted by Gasteiger charge is 2.24. The van der Waals surface area contributed by atoms with Gasteiger partial charge in [-0.15, -0.1) is 6.42 Å². The van der Waals surface area contributed by atoms with Gasteiger partial charge in [-0.25, -0.2) is 4.98 Å². The zero-order valence-corrected chi connectivity index (χ0v) is 13.8. The molecular formula is C18H12ClN5O. The van der Waals surface area contributed by atoms with E-state index >= 15 is 0 Å². The van der Waals surface area contributed by atoms with Crippen LogP contribution in [0.2, 0.25) is 5.02 Å². The number of benzene rings is 1. The van der Waals surface area contributed by atoms with Crippen molar-refractivity contribution < 1.29 is 4.79 Å². The molecular weight excluding hydrogens is 338 g/mol. The van der Waals surface area contributed by atoms with Gasteiger partial charge in [0.15, 0.2) is 0 Å². The van der Waals surface area contributed by atoms with E-state index in [9.17, 15) is 4.79 Å². The van der Waals surface area contributed by atoms with Crippen LogP contribution in [0.4, 0.5) is 17.5 Å². The highest BCUT2D eigenvalue weighted by atomic mass is 35.5. The molecule has 1 N–H and O–H groups in total. The number of amides is 1. The maximum atomic E-state index is 11.5. The van der Waals surface area contributed by atoms with E-state index in [1.165, 1.54) is 5.56 Å². The summed E-state index contributed by atoms with van der Waals surface area (Å²) in [5, 5.41) is 3.95. The third-order valence-corrected chi connectivity index (χ3v) is 4.27. The summed E-state index contributed by atoms with van der Waals surface area (Å²) < 4.78 is 0. The molecule has 0 spiro atoms. The average molecular weight is 350 g/mol. The Morgan fingerprint density at radius 3 is 3.04 bits per heavy atom. The summed E-state index contributed by atoms with van der Waals surface area (Å²) in [5.41, 5.74) is 2.85. The number of fused-ring (bicyclic) bond motifs is 2. The molecule has 0 saturated heterocycles. The first kappa shape index (κ1) is 15.4. The van der Waals surface area contributed by atoms with Gasteiger partial charge in [0, 0.05) is 29.6 Å².